The fourth-order valence-electron chi connectivity index (χ4n) is 4.09. The molecule has 1 aromatic heterocycles. The van der Waals surface area contributed by atoms with E-state index < -0.39 is 0 Å². The summed E-state index contributed by atoms with van der Waals surface area (Å²) in [5.74, 6) is 1.44. The Hall–Kier alpha value is -2.66. The number of aromatic nitrogens is 1. The Balaban J connectivity index is 1.79. The molecule has 1 amide bonds. The molecule has 28 heavy (non-hydrogen) atoms. The van der Waals surface area contributed by atoms with Crippen molar-refractivity contribution in [2.75, 3.05) is 20.3 Å². The zero-order valence-electron chi connectivity index (χ0n) is 16.0. The maximum atomic E-state index is 11.8. The number of amides is 1. The van der Waals surface area contributed by atoms with Crippen LogP contribution in [0.3, 0.4) is 0 Å². The molecule has 0 saturated heterocycles. The summed E-state index contributed by atoms with van der Waals surface area (Å²) in [5.41, 5.74) is 4.39. The van der Waals surface area contributed by atoms with Crippen LogP contribution < -0.4 is 9.47 Å². The van der Waals surface area contributed by atoms with Crippen molar-refractivity contribution in [2.45, 2.75) is 25.8 Å². The molecule has 4 rings (SSSR count). The van der Waals surface area contributed by atoms with Gasteiger partial charge in [-0.15, -0.1) is 0 Å². The molecule has 2 aromatic carbocycles. The molecule has 0 spiro atoms. The Kier molecular flexibility index (Phi) is 5.18. The van der Waals surface area contributed by atoms with E-state index in [0.717, 1.165) is 40.6 Å². The van der Waals surface area contributed by atoms with Gasteiger partial charge in [0, 0.05) is 23.6 Å². The van der Waals surface area contributed by atoms with Crippen LogP contribution in [-0.4, -0.2) is 36.6 Å². The summed E-state index contributed by atoms with van der Waals surface area (Å²) in [6.07, 6.45) is 4.39. The second-order valence-corrected chi connectivity index (χ2v) is 7.33. The molecular weight excluding hydrogens is 376 g/mol. The van der Waals surface area contributed by atoms with Crippen LogP contribution in [0.5, 0.6) is 11.5 Å². The number of aromatic amines is 1. The molecule has 146 valence electrons. The van der Waals surface area contributed by atoms with Crippen molar-refractivity contribution >= 4 is 28.9 Å². The third kappa shape index (κ3) is 3.20. The van der Waals surface area contributed by atoms with Gasteiger partial charge in [-0.05, 0) is 60.7 Å². The topological polar surface area (TPSA) is 54.6 Å². The largest absolute Gasteiger partial charge is 0.493 e. The first-order chi connectivity index (χ1) is 13.7. The molecule has 1 aliphatic heterocycles. The number of fused-ring (bicyclic) bond motifs is 2. The van der Waals surface area contributed by atoms with E-state index in [1.807, 2.05) is 48.4 Å². The number of hydrogen-bond donors (Lipinski definition) is 1. The van der Waals surface area contributed by atoms with E-state index in [9.17, 15) is 4.79 Å². The number of benzene rings is 2. The lowest BCUT2D eigenvalue weighted by Gasteiger charge is -2.35. The highest BCUT2D eigenvalue weighted by Gasteiger charge is 2.29. The fourth-order valence-corrected chi connectivity index (χ4v) is 4.38. The van der Waals surface area contributed by atoms with Gasteiger partial charge >= 0.3 is 0 Å². The van der Waals surface area contributed by atoms with Crippen molar-refractivity contribution in [2.24, 2.45) is 0 Å². The van der Waals surface area contributed by atoms with Crippen molar-refractivity contribution in [3.8, 4) is 11.5 Å². The van der Waals surface area contributed by atoms with Gasteiger partial charge in [-0.2, -0.15) is 0 Å². The summed E-state index contributed by atoms with van der Waals surface area (Å²) in [5, 5.41) is 1.73. The van der Waals surface area contributed by atoms with Crippen LogP contribution in [0.15, 0.2) is 36.5 Å². The van der Waals surface area contributed by atoms with Gasteiger partial charge in [0.05, 0.1) is 24.8 Å². The molecule has 0 unspecified atom stereocenters. The summed E-state index contributed by atoms with van der Waals surface area (Å²) in [7, 11) is 1.65. The van der Waals surface area contributed by atoms with Crippen molar-refractivity contribution in [3.05, 3.63) is 58.2 Å². The number of H-pyrrole nitrogens is 1. The lowest BCUT2D eigenvalue weighted by atomic mass is 9.88. The molecule has 0 radical (unpaired) electrons. The molecular formula is C22H23ClN2O3. The first-order valence-electron chi connectivity index (χ1n) is 9.45. The normalized spacial score (nSPS) is 16.1. The Morgan fingerprint density at radius 3 is 2.93 bits per heavy atom. The third-order valence-corrected chi connectivity index (χ3v) is 5.72. The highest BCUT2D eigenvalue weighted by Crippen LogP contribution is 2.40. The van der Waals surface area contributed by atoms with Crippen molar-refractivity contribution in [1.82, 2.24) is 9.88 Å². The van der Waals surface area contributed by atoms with Gasteiger partial charge in [-0.25, -0.2) is 0 Å². The number of halogens is 1. The maximum Gasteiger partial charge on any atom is 0.210 e. The predicted octanol–water partition coefficient (Wildman–Crippen LogP) is 4.53. The molecule has 0 fully saturated rings. The monoisotopic (exact) mass is 398 g/mol. The minimum absolute atomic E-state index is 0.0818. The molecule has 5 nitrogen and oxygen atoms in total. The first-order valence-corrected chi connectivity index (χ1v) is 9.83. The summed E-state index contributed by atoms with van der Waals surface area (Å²) in [6.45, 7) is 3.17. The maximum absolute atomic E-state index is 11.8. The lowest BCUT2D eigenvalue weighted by Crippen LogP contribution is -2.35. The van der Waals surface area contributed by atoms with Crippen LogP contribution in [0.2, 0.25) is 5.02 Å². The van der Waals surface area contributed by atoms with Crippen LogP contribution in [0, 0.1) is 0 Å². The number of nitrogens with zero attached hydrogens (tertiary/aromatic N) is 1. The highest BCUT2D eigenvalue weighted by atomic mass is 35.5. The van der Waals surface area contributed by atoms with Crippen molar-refractivity contribution in [3.63, 3.8) is 0 Å². The lowest BCUT2D eigenvalue weighted by molar-refractivity contribution is -0.120. The van der Waals surface area contributed by atoms with Gasteiger partial charge in [0.1, 0.15) is 0 Å². The number of nitrogens with one attached hydrogen (secondary N) is 1. The number of ether oxygens (including phenoxy) is 2. The molecule has 0 bridgehead atoms. The van der Waals surface area contributed by atoms with Crippen LogP contribution in [0.1, 0.15) is 29.7 Å². The summed E-state index contributed by atoms with van der Waals surface area (Å²) in [6, 6.07) is 9.81. The zero-order chi connectivity index (χ0) is 19.7. The Bertz CT molecular complexity index is 1010. The van der Waals surface area contributed by atoms with Crippen LogP contribution in [0.25, 0.3) is 10.9 Å². The second-order valence-electron chi connectivity index (χ2n) is 6.92. The zero-order valence-corrected chi connectivity index (χ0v) is 16.8. The predicted molar refractivity (Wildman–Crippen MR) is 110 cm³/mol. The van der Waals surface area contributed by atoms with Gasteiger partial charge in [-0.1, -0.05) is 17.7 Å². The van der Waals surface area contributed by atoms with Crippen LogP contribution >= 0.6 is 11.6 Å². The quantitative estimate of drug-likeness (QED) is 0.621. The molecule has 0 aliphatic carbocycles. The second kappa shape index (κ2) is 7.76. The van der Waals surface area contributed by atoms with Gasteiger partial charge in [0.2, 0.25) is 6.41 Å². The minimum Gasteiger partial charge on any atom is -0.493 e. The number of carbonyl (C=O) groups is 1. The molecule has 2 heterocycles. The van der Waals surface area contributed by atoms with Crippen molar-refractivity contribution < 1.29 is 14.3 Å². The van der Waals surface area contributed by atoms with Gasteiger partial charge in [-0.3, -0.25) is 4.79 Å². The molecule has 1 aliphatic rings. The van der Waals surface area contributed by atoms with E-state index in [4.69, 9.17) is 21.1 Å². The van der Waals surface area contributed by atoms with E-state index in [-0.39, 0.29) is 6.04 Å². The standard InChI is InChI=1S/C22H23ClN2O3/c1-3-28-21-11-16-14(10-20(21)27-2)7-8-25(13-26)19(16)9-15-12-24-18-6-4-5-17(23)22(15)18/h4-6,10-13,19,24H,3,7-9H2,1-2H3/t19-/m0/s1. The fraction of sp³-hybridized carbons (Fsp3) is 0.318. The van der Waals surface area contributed by atoms with Crippen molar-refractivity contribution in [1.29, 1.82) is 0 Å². The SMILES string of the molecule is CCOc1cc2c(cc1OC)CCN(C=O)[C@H]2Cc1c[nH]c2cccc(Cl)c12. The Labute approximate surface area is 169 Å². The molecule has 0 saturated carbocycles. The summed E-state index contributed by atoms with van der Waals surface area (Å²) >= 11 is 6.46. The average molecular weight is 399 g/mol. The minimum atomic E-state index is -0.0818. The molecule has 1 atom stereocenters. The number of hydrogen-bond acceptors (Lipinski definition) is 3. The third-order valence-electron chi connectivity index (χ3n) is 5.41. The summed E-state index contributed by atoms with van der Waals surface area (Å²) in [4.78, 5) is 17.0. The number of rotatable bonds is 6. The molecule has 3 aromatic rings. The van der Waals surface area contributed by atoms with Gasteiger partial charge in [0.25, 0.3) is 0 Å². The molecule has 6 heteroatoms. The van der Waals surface area contributed by atoms with E-state index >= 15 is 0 Å². The Morgan fingerprint density at radius 2 is 2.18 bits per heavy atom. The average Bonchev–Trinajstić information content (AvgIpc) is 3.12. The first kappa shape index (κ1) is 18.7. The van der Waals surface area contributed by atoms with E-state index in [2.05, 4.69) is 4.98 Å². The van der Waals surface area contributed by atoms with Crippen LogP contribution in [0.4, 0.5) is 0 Å². The van der Waals surface area contributed by atoms with E-state index in [0.29, 0.717) is 30.3 Å². The van der Waals surface area contributed by atoms with E-state index in [1.54, 1.807) is 7.11 Å². The smallest absolute Gasteiger partial charge is 0.210 e. The Morgan fingerprint density at radius 1 is 1.32 bits per heavy atom. The number of methoxy groups -OCH3 is 1. The van der Waals surface area contributed by atoms with Crippen LogP contribution in [-0.2, 0) is 17.6 Å². The van der Waals surface area contributed by atoms with Gasteiger partial charge in [0.15, 0.2) is 11.5 Å². The number of carbonyl (C=O) groups excluding carboxylic acids is 1. The highest BCUT2D eigenvalue weighted by molar-refractivity contribution is 6.35. The van der Waals surface area contributed by atoms with E-state index in [1.165, 1.54) is 5.56 Å². The van der Waals surface area contributed by atoms with Gasteiger partial charge < -0.3 is 19.4 Å². The summed E-state index contributed by atoms with van der Waals surface area (Å²) < 4.78 is 11.3. The molecule has 1 N–H and O–H groups in total.